The molecule has 57 valence electrons. The molecule has 2 unspecified atom stereocenters. The summed E-state index contributed by atoms with van der Waals surface area (Å²) in [6.45, 7) is 4.73. The molecular formula is C8H15N2. The van der Waals surface area contributed by atoms with Crippen molar-refractivity contribution in [2.24, 2.45) is 11.8 Å². The number of hydrogen-bond donors (Lipinski definition) is 1. The van der Waals surface area contributed by atoms with Crippen molar-refractivity contribution in [2.45, 2.75) is 12.8 Å². The lowest BCUT2D eigenvalue weighted by Gasteiger charge is -2.35. The Morgan fingerprint density at radius 3 is 3.10 bits per heavy atom. The van der Waals surface area contributed by atoms with Crippen LogP contribution in [0.1, 0.15) is 12.8 Å². The Morgan fingerprint density at radius 1 is 1.20 bits per heavy atom. The fourth-order valence-electron chi connectivity index (χ4n) is 2.07. The van der Waals surface area contributed by atoms with Crippen molar-refractivity contribution in [3.8, 4) is 0 Å². The van der Waals surface area contributed by atoms with E-state index in [1.807, 2.05) is 0 Å². The van der Waals surface area contributed by atoms with Gasteiger partial charge in [-0.25, -0.2) is 5.32 Å². The lowest BCUT2D eigenvalue weighted by Crippen LogP contribution is -2.43. The van der Waals surface area contributed by atoms with Crippen LogP contribution in [0.25, 0.3) is 0 Å². The van der Waals surface area contributed by atoms with Gasteiger partial charge in [-0.1, -0.05) is 0 Å². The van der Waals surface area contributed by atoms with Gasteiger partial charge in [0.15, 0.2) is 0 Å². The van der Waals surface area contributed by atoms with Gasteiger partial charge in [-0.3, -0.25) is 0 Å². The molecule has 2 aliphatic heterocycles. The van der Waals surface area contributed by atoms with E-state index < -0.39 is 0 Å². The van der Waals surface area contributed by atoms with Gasteiger partial charge < -0.3 is 5.32 Å². The Hall–Kier alpha value is -0.0800. The average molecular weight is 139 g/mol. The second-order valence-corrected chi connectivity index (χ2v) is 3.43. The molecule has 0 bridgehead atoms. The molecule has 2 fully saturated rings. The maximum Gasteiger partial charge on any atom is 0.0165 e. The Labute approximate surface area is 62.4 Å². The van der Waals surface area contributed by atoms with Gasteiger partial charge in [0.1, 0.15) is 0 Å². The average Bonchev–Trinajstić information content (AvgIpc) is 2.05. The lowest BCUT2D eigenvalue weighted by molar-refractivity contribution is 0.198. The summed E-state index contributed by atoms with van der Waals surface area (Å²) in [5.41, 5.74) is 0. The molecule has 2 heterocycles. The third-order valence-corrected chi connectivity index (χ3v) is 2.79. The van der Waals surface area contributed by atoms with Gasteiger partial charge in [0.2, 0.25) is 0 Å². The van der Waals surface area contributed by atoms with E-state index in [0.717, 1.165) is 24.9 Å². The van der Waals surface area contributed by atoms with Gasteiger partial charge in [-0.05, 0) is 37.8 Å². The Morgan fingerprint density at radius 2 is 2.20 bits per heavy atom. The molecule has 10 heavy (non-hydrogen) atoms. The molecule has 2 saturated heterocycles. The van der Waals surface area contributed by atoms with Crippen LogP contribution in [0.2, 0.25) is 0 Å². The van der Waals surface area contributed by atoms with E-state index in [2.05, 4.69) is 10.6 Å². The van der Waals surface area contributed by atoms with Crippen molar-refractivity contribution < 1.29 is 0 Å². The Kier molecular flexibility index (Phi) is 1.91. The van der Waals surface area contributed by atoms with E-state index in [1.54, 1.807) is 0 Å². The van der Waals surface area contributed by atoms with Crippen LogP contribution < -0.4 is 10.6 Å². The summed E-state index contributed by atoms with van der Waals surface area (Å²) in [4.78, 5) is 0. The van der Waals surface area contributed by atoms with Crippen LogP contribution in [-0.4, -0.2) is 26.2 Å². The van der Waals surface area contributed by atoms with E-state index in [0.29, 0.717) is 0 Å². The Bertz CT molecular complexity index is 87.8. The summed E-state index contributed by atoms with van der Waals surface area (Å²) in [5.74, 6) is 1.88. The molecule has 0 aliphatic carbocycles. The van der Waals surface area contributed by atoms with Gasteiger partial charge in [-0.15, -0.1) is 0 Å². The minimum absolute atomic E-state index is 0.926. The fourth-order valence-corrected chi connectivity index (χ4v) is 2.07. The first kappa shape index (κ1) is 6.62. The standard InChI is InChI=1S/C8H15N2/c1-3-9-6-8-2-4-10-5-7(1)8/h7-9H,1-6H2. The molecule has 0 amide bonds. The predicted octanol–water partition coefficient (Wildman–Crippen LogP) is 0.220. The van der Waals surface area contributed by atoms with Crippen LogP contribution in [0.15, 0.2) is 0 Å². The highest BCUT2D eigenvalue weighted by atomic mass is 14.9. The summed E-state index contributed by atoms with van der Waals surface area (Å²) >= 11 is 0. The van der Waals surface area contributed by atoms with Crippen molar-refractivity contribution in [3.05, 3.63) is 0 Å². The zero-order chi connectivity index (χ0) is 6.81. The van der Waals surface area contributed by atoms with Crippen LogP contribution in [0.3, 0.4) is 0 Å². The van der Waals surface area contributed by atoms with Gasteiger partial charge in [-0.2, -0.15) is 0 Å². The summed E-state index contributed by atoms with van der Waals surface area (Å²) < 4.78 is 0. The minimum atomic E-state index is 0.926. The van der Waals surface area contributed by atoms with Crippen molar-refractivity contribution in [3.63, 3.8) is 0 Å². The van der Waals surface area contributed by atoms with Crippen molar-refractivity contribution in [1.29, 1.82) is 0 Å². The third-order valence-electron chi connectivity index (χ3n) is 2.79. The molecule has 0 spiro atoms. The quantitative estimate of drug-likeness (QED) is 0.510. The van der Waals surface area contributed by atoms with Crippen LogP contribution >= 0.6 is 0 Å². The number of rotatable bonds is 0. The molecule has 0 aromatic carbocycles. The van der Waals surface area contributed by atoms with Gasteiger partial charge in [0.05, 0.1) is 0 Å². The van der Waals surface area contributed by atoms with E-state index >= 15 is 0 Å². The second-order valence-electron chi connectivity index (χ2n) is 3.43. The normalized spacial score (nSPS) is 40.8. The predicted molar refractivity (Wildman–Crippen MR) is 41.0 cm³/mol. The molecule has 2 atom stereocenters. The van der Waals surface area contributed by atoms with E-state index in [1.165, 1.54) is 25.9 Å². The topological polar surface area (TPSA) is 26.1 Å². The first-order valence-electron chi connectivity index (χ1n) is 4.31. The maximum absolute atomic E-state index is 4.43. The van der Waals surface area contributed by atoms with Crippen molar-refractivity contribution in [2.75, 3.05) is 26.2 Å². The highest BCUT2D eigenvalue weighted by Gasteiger charge is 2.27. The molecule has 0 aromatic heterocycles. The first-order chi connectivity index (χ1) is 4.97. The van der Waals surface area contributed by atoms with Crippen LogP contribution in [0.4, 0.5) is 0 Å². The van der Waals surface area contributed by atoms with Crippen LogP contribution in [0, 0.1) is 11.8 Å². The number of nitrogens with one attached hydrogen (secondary N) is 1. The van der Waals surface area contributed by atoms with Crippen molar-refractivity contribution in [1.82, 2.24) is 10.6 Å². The zero-order valence-electron chi connectivity index (χ0n) is 6.34. The molecule has 0 aromatic rings. The fraction of sp³-hybridized carbons (Fsp3) is 1.00. The molecule has 1 radical (unpaired) electrons. The van der Waals surface area contributed by atoms with Crippen molar-refractivity contribution >= 4 is 0 Å². The molecular weight excluding hydrogens is 124 g/mol. The van der Waals surface area contributed by atoms with Gasteiger partial charge >= 0.3 is 0 Å². The monoisotopic (exact) mass is 139 g/mol. The second kappa shape index (κ2) is 2.89. The number of hydrogen-bond acceptors (Lipinski definition) is 1. The molecule has 2 aliphatic rings. The van der Waals surface area contributed by atoms with Crippen LogP contribution in [-0.2, 0) is 0 Å². The smallest absolute Gasteiger partial charge is 0.0165 e. The maximum atomic E-state index is 4.43. The van der Waals surface area contributed by atoms with E-state index in [9.17, 15) is 0 Å². The lowest BCUT2D eigenvalue weighted by atomic mass is 9.82. The SMILES string of the molecule is C1CC2CNCCC2C[N]1. The number of fused-ring (bicyclic) bond motifs is 1. The van der Waals surface area contributed by atoms with Crippen LogP contribution in [0.5, 0.6) is 0 Å². The molecule has 0 saturated carbocycles. The minimum Gasteiger partial charge on any atom is -0.316 e. The molecule has 2 nitrogen and oxygen atoms in total. The molecule has 1 N–H and O–H groups in total. The largest absolute Gasteiger partial charge is 0.316 e. The molecule has 2 rings (SSSR count). The highest BCUT2D eigenvalue weighted by Crippen LogP contribution is 2.24. The zero-order valence-corrected chi connectivity index (χ0v) is 6.34. The molecule has 2 heteroatoms. The first-order valence-corrected chi connectivity index (χ1v) is 4.31. The summed E-state index contributed by atoms with van der Waals surface area (Å²) in [5, 5.41) is 7.88. The van der Waals surface area contributed by atoms with Gasteiger partial charge in [0.25, 0.3) is 0 Å². The van der Waals surface area contributed by atoms with E-state index in [-0.39, 0.29) is 0 Å². The third kappa shape index (κ3) is 1.18. The van der Waals surface area contributed by atoms with Gasteiger partial charge in [0, 0.05) is 13.1 Å². The summed E-state index contributed by atoms with van der Waals surface area (Å²) in [7, 11) is 0. The summed E-state index contributed by atoms with van der Waals surface area (Å²) in [6, 6.07) is 0. The number of nitrogens with zero attached hydrogens (tertiary/aromatic N) is 1. The highest BCUT2D eigenvalue weighted by molar-refractivity contribution is 4.83. The Balaban J connectivity index is 1.93. The summed E-state index contributed by atoms with van der Waals surface area (Å²) in [6.07, 6.45) is 2.69. The number of piperidine rings is 2. The van der Waals surface area contributed by atoms with E-state index in [4.69, 9.17) is 0 Å².